The van der Waals surface area contributed by atoms with E-state index in [0.717, 1.165) is 5.56 Å². The molecule has 0 radical (unpaired) electrons. The first kappa shape index (κ1) is 16.0. The molecule has 0 spiro atoms. The van der Waals surface area contributed by atoms with E-state index in [1.807, 2.05) is 12.1 Å². The summed E-state index contributed by atoms with van der Waals surface area (Å²) in [7, 11) is -1.75. The molecule has 2 N–H and O–H groups in total. The molecule has 7 heteroatoms. The van der Waals surface area contributed by atoms with Crippen molar-refractivity contribution in [2.45, 2.75) is 25.8 Å². The van der Waals surface area contributed by atoms with Gasteiger partial charge in [0.2, 0.25) is 10.0 Å². The Labute approximate surface area is 119 Å². The van der Waals surface area contributed by atoms with Crippen LogP contribution in [-0.2, 0) is 16.4 Å². The highest BCUT2D eigenvalue weighted by molar-refractivity contribution is 7.89. The van der Waals surface area contributed by atoms with Gasteiger partial charge in [-0.2, -0.15) is 0 Å². The molecule has 1 heterocycles. The van der Waals surface area contributed by atoms with Gasteiger partial charge >= 0.3 is 0 Å². The first-order chi connectivity index (χ1) is 8.83. The zero-order chi connectivity index (χ0) is 14.5. The normalized spacial score (nSPS) is 13.4. The Morgan fingerprint density at radius 3 is 2.58 bits per heavy atom. The van der Waals surface area contributed by atoms with Crippen LogP contribution < -0.4 is 5.73 Å². The second-order valence-electron chi connectivity index (χ2n) is 4.46. The number of hydrogen-bond donors (Lipinski definition) is 1. The van der Waals surface area contributed by atoms with E-state index in [4.69, 9.17) is 18.0 Å². The quantitative estimate of drug-likeness (QED) is 0.759. The molecule has 1 atom stereocenters. The van der Waals surface area contributed by atoms with Crippen molar-refractivity contribution in [1.82, 2.24) is 9.29 Å². The van der Waals surface area contributed by atoms with E-state index in [0.29, 0.717) is 17.8 Å². The molecule has 1 rings (SSSR count). The summed E-state index contributed by atoms with van der Waals surface area (Å²) in [6.45, 7) is 1.79. The molecule has 0 aliphatic carbocycles. The fourth-order valence-corrected chi connectivity index (χ4v) is 3.28. The minimum atomic E-state index is -3.31. The standard InChI is InChI=1S/C12H19N3O2S2/c1-10(9-12(13)18)15(2)19(16,17)8-5-11-3-6-14-7-4-11/h3-4,6-7,10H,5,8-9H2,1-2H3,(H2,13,18). The van der Waals surface area contributed by atoms with Gasteiger partial charge in [-0.15, -0.1) is 0 Å². The van der Waals surface area contributed by atoms with Gasteiger partial charge in [0.15, 0.2) is 0 Å². The van der Waals surface area contributed by atoms with Crippen molar-refractivity contribution < 1.29 is 8.42 Å². The number of rotatable bonds is 7. The summed E-state index contributed by atoms with van der Waals surface area (Å²) in [6, 6.07) is 3.40. The second-order valence-corrected chi connectivity index (χ2v) is 7.13. The van der Waals surface area contributed by atoms with Gasteiger partial charge in [0, 0.05) is 31.9 Å². The van der Waals surface area contributed by atoms with Crippen LogP contribution in [0.3, 0.4) is 0 Å². The maximum Gasteiger partial charge on any atom is 0.214 e. The third kappa shape index (κ3) is 5.22. The van der Waals surface area contributed by atoms with Crippen molar-refractivity contribution in [3.8, 4) is 0 Å². The van der Waals surface area contributed by atoms with E-state index in [9.17, 15) is 8.42 Å². The highest BCUT2D eigenvalue weighted by Crippen LogP contribution is 2.10. The lowest BCUT2D eigenvalue weighted by atomic mass is 10.2. The molecule has 0 bridgehead atoms. The van der Waals surface area contributed by atoms with Gasteiger partial charge in [-0.05, 0) is 31.0 Å². The summed E-state index contributed by atoms with van der Waals surface area (Å²) < 4.78 is 25.6. The number of sulfonamides is 1. The SMILES string of the molecule is CC(CC(N)=S)N(C)S(=O)(=O)CCc1ccncc1. The van der Waals surface area contributed by atoms with Gasteiger partial charge in [0.05, 0.1) is 10.7 Å². The summed E-state index contributed by atoms with van der Waals surface area (Å²) in [5.41, 5.74) is 6.40. The van der Waals surface area contributed by atoms with E-state index in [1.165, 1.54) is 4.31 Å². The number of nitrogens with two attached hydrogens (primary N) is 1. The van der Waals surface area contributed by atoms with Crippen LogP contribution in [-0.4, -0.2) is 41.5 Å². The average molecular weight is 301 g/mol. The van der Waals surface area contributed by atoms with E-state index in [1.54, 1.807) is 26.4 Å². The van der Waals surface area contributed by atoms with Crippen LogP contribution in [0.5, 0.6) is 0 Å². The average Bonchev–Trinajstić information content (AvgIpc) is 2.36. The third-order valence-corrected chi connectivity index (χ3v) is 5.08. The van der Waals surface area contributed by atoms with Crippen LogP contribution in [0.1, 0.15) is 18.9 Å². The zero-order valence-electron chi connectivity index (χ0n) is 11.1. The van der Waals surface area contributed by atoms with Crippen molar-refractivity contribution in [3.63, 3.8) is 0 Å². The number of pyridine rings is 1. The number of thiocarbonyl (C=S) groups is 1. The van der Waals surface area contributed by atoms with Crippen molar-refractivity contribution in [2.75, 3.05) is 12.8 Å². The summed E-state index contributed by atoms with van der Waals surface area (Å²) >= 11 is 4.80. The Morgan fingerprint density at radius 1 is 1.47 bits per heavy atom. The van der Waals surface area contributed by atoms with E-state index in [-0.39, 0.29) is 11.8 Å². The van der Waals surface area contributed by atoms with Crippen molar-refractivity contribution in [2.24, 2.45) is 5.73 Å². The van der Waals surface area contributed by atoms with Crippen LogP contribution in [0.15, 0.2) is 24.5 Å². The fraction of sp³-hybridized carbons (Fsp3) is 0.500. The molecule has 0 aliphatic rings. The Kier molecular flexibility index (Phi) is 5.84. The highest BCUT2D eigenvalue weighted by Gasteiger charge is 2.23. The summed E-state index contributed by atoms with van der Waals surface area (Å²) in [5, 5.41) is 0. The maximum atomic E-state index is 12.2. The maximum absolute atomic E-state index is 12.2. The first-order valence-electron chi connectivity index (χ1n) is 5.96. The molecule has 0 aromatic carbocycles. The lowest BCUT2D eigenvalue weighted by Crippen LogP contribution is -2.39. The van der Waals surface area contributed by atoms with Gasteiger partial charge in [0.25, 0.3) is 0 Å². The first-order valence-corrected chi connectivity index (χ1v) is 7.97. The minimum Gasteiger partial charge on any atom is -0.393 e. The fourth-order valence-electron chi connectivity index (χ4n) is 1.63. The number of nitrogens with zero attached hydrogens (tertiary/aromatic N) is 2. The van der Waals surface area contributed by atoms with Crippen LogP contribution in [0, 0.1) is 0 Å². The van der Waals surface area contributed by atoms with Crippen molar-refractivity contribution >= 4 is 27.2 Å². The Morgan fingerprint density at radius 2 is 2.05 bits per heavy atom. The van der Waals surface area contributed by atoms with E-state index >= 15 is 0 Å². The van der Waals surface area contributed by atoms with Crippen molar-refractivity contribution in [1.29, 1.82) is 0 Å². The van der Waals surface area contributed by atoms with Gasteiger partial charge in [-0.3, -0.25) is 4.98 Å². The van der Waals surface area contributed by atoms with Crippen LogP contribution >= 0.6 is 12.2 Å². The topological polar surface area (TPSA) is 76.3 Å². The van der Waals surface area contributed by atoms with Gasteiger partial charge in [0.1, 0.15) is 0 Å². The molecule has 1 unspecified atom stereocenters. The Bertz CT molecular complexity index is 517. The molecule has 19 heavy (non-hydrogen) atoms. The van der Waals surface area contributed by atoms with Crippen LogP contribution in [0.2, 0.25) is 0 Å². The molecule has 0 saturated carbocycles. The van der Waals surface area contributed by atoms with Gasteiger partial charge in [-0.1, -0.05) is 12.2 Å². The largest absolute Gasteiger partial charge is 0.393 e. The molecular weight excluding hydrogens is 282 g/mol. The number of hydrogen-bond acceptors (Lipinski definition) is 4. The summed E-state index contributed by atoms with van der Waals surface area (Å²) in [4.78, 5) is 4.22. The molecule has 1 aromatic heterocycles. The summed E-state index contributed by atoms with van der Waals surface area (Å²) in [5.74, 6) is 0.0647. The lowest BCUT2D eigenvalue weighted by molar-refractivity contribution is 0.397. The molecule has 5 nitrogen and oxygen atoms in total. The molecule has 0 saturated heterocycles. The highest BCUT2D eigenvalue weighted by atomic mass is 32.2. The number of aryl methyl sites for hydroxylation is 1. The van der Waals surface area contributed by atoms with E-state index in [2.05, 4.69) is 4.98 Å². The van der Waals surface area contributed by atoms with Gasteiger partial charge in [-0.25, -0.2) is 12.7 Å². The van der Waals surface area contributed by atoms with Crippen LogP contribution in [0.25, 0.3) is 0 Å². The predicted octanol–water partition coefficient (Wildman–Crippen LogP) is 0.950. The molecule has 1 aromatic rings. The second kappa shape index (κ2) is 6.93. The third-order valence-electron chi connectivity index (χ3n) is 2.95. The lowest BCUT2D eigenvalue weighted by Gasteiger charge is -2.23. The van der Waals surface area contributed by atoms with Crippen molar-refractivity contribution in [3.05, 3.63) is 30.1 Å². The predicted molar refractivity (Wildman–Crippen MR) is 80.4 cm³/mol. The van der Waals surface area contributed by atoms with Gasteiger partial charge < -0.3 is 5.73 Å². The smallest absolute Gasteiger partial charge is 0.214 e. The summed E-state index contributed by atoms with van der Waals surface area (Å²) in [6.07, 6.45) is 4.16. The molecule has 106 valence electrons. The molecular formula is C12H19N3O2S2. The Hall–Kier alpha value is -1.05. The van der Waals surface area contributed by atoms with E-state index < -0.39 is 10.0 Å². The molecule has 0 aliphatic heterocycles. The van der Waals surface area contributed by atoms with Crippen LogP contribution in [0.4, 0.5) is 0 Å². The minimum absolute atomic E-state index is 0.0647. The molecule has 0 fully saturated rings. The number of aromatic nitrogens is 1. The Balaban J connectivity index is 2.63. The monoisotopic (exact) mass is 301 g/mol. The molecule has 0 amide bonds. The zero-order valence-corrected chi connectivity index (χ0v) is 12.7.